The van der Waals surface area contributed by atoms with Crippen LogP contribution in [0, 0.1) is 0 Å². The van der Waals surface area contributed by atoms with Gasteiger partial charge < -0.3 is 33.5 Å². The predicted molar refractivity (Wildman–Crippen MR) is 131 cm³/mol. The second-order valence-corrected chi connectivity index (χ2v) is 10.1. The van der Waals surface area contributed by atoms with Gasteiger partial charge in [-0.25, -0.2) is 4.79 Å². The summed E-state index contributed by atoms with van der Waals surface area (Å²) in [5.41, 5.74) is 0.324. The summed E-state index contributed by atoms with van der Waals surface area (Å²) in [6.45, 7) is 9.51. The Bertz CT molecular complexity index is 866. The second-order valence-electron chi connectivity index (χ2n) is 10.1. The summed E-state index contributed by atoms with van der Waals surface area (Å²) < 4.78 is 27.8. The number of morpholine rings is 1. The molecule has 1 unspecified atom stereocenters. The van der Waals surface area contributed by atoms with Gasteiger partial charge in [-0.2, -0.15) is 0 Å². The Hall–Kier alpha value is -2.52. The maximum absolute atomic E-state index is 13.7. The fourth-order valence-electron chi connectivity index (χ4n) is 4.09. The highest BCUT2D eigenvalue weighted by atomic mass is 16.6. The van der Waals surface area contributed by atoms with Crippen molar-refractivity contribution in [3.05, 3.63) is 23.8 Å². The fraction of sp³-hybridized carbons (Fsp3) is 0.692. The Labute approximate surface area is 208 Å². The monoisotopic (exact) mass is 492 g/mol. The molecule has 0 spiro atoms. The van der Waals surface area contributed by atoms with E-state index in [-0.39, 0.29) is 24.5 Å². The van der Waals surface area contributed by atoms with Crippen molar-refractivity contribution in [3.8, 4) is 11.5 Å². The lowest BCUT2D eigenvalue weighted by Gasteiger charge is -2.38. The van der Waals surface area contributed by atoms with Crippen LogP contribution in [0.3, 0.4) is 0 Å². The number of ether oxygens (including phenoxy) is 5. The summed E-state index contributed by atoms with van der Waals surface area (Å²) in [5.74, 6) is 1.25. The normalized spacial score (nSPS) is 19.1. The van der Waals surface area contributed by atoms with E-state index in [2.05, 4.69) is 0 Å². The van der Waals surface area contributed by atoms with Gasteiger partial charge in [-0.05, 0) is 58.2 Å². The molecular formula is C26H40N2O7. The standard InChI is InChI=1S/C26H40N2O7/c1-18(19-14-21(32-6)16-22(15-19)33-12-7-11-31-5)28(20-8-9-20)24(29)23-17-27(10-13-34-23)25(30)35-26(2,3)4/h14-16,18,20,23H,7-13,17H2,1-6H3/t18?,23-/m1/s1. The molecule has 1 aliphatic carbocycles. The number of benzene rings is 1. The minimum Gasteiger partial charge on any atom is -0.497 e. The fourth-order valence-corrected chi connectivity index (χ4v) is 4.09. The summed E-state index contributed by atoms with van der Waals surface area (Å²) in [5, 5.41) is 0. The van der Waals surface area contributed by atoms with E-state index < -0.39 is 17.8 Å². The lowest BCUT2D eigenvalue weighted by Crippen LogP contribution is -2.54. The van der Waals surface area contributed by atoms with Crippen molar-refractivity contribution >= 4 is 12.0 Å². The largest absolute Gasteiger partial charge is 0.497 e. The van der Waals surface area contributed by atoms with Gasteiger partial charge in [0.05, 0.1) is 32.9 Å². The number of hydrogen-bond acceptors (Lipinski definition) is 7. The van der Waals surface area contributed by atoms with Crippen LogP contribution in [0.25, 0.3) is 0 Å². The van der Waals surface area contributed by atoms with Crippen LogP contribution in [0.2, 0.25) is 0 Å². The number of amides is 2. The Morgan fingerprint density at radius 1 is 1.14 bits per heavy atom. The number of rotatable bonds is 10. The molecule has 9 heteroatoms. The summed E-state index contributed by atoms with van der Waals surface area (Å²) in [6, 6.07) is 5.67. The molecule has 2 amide bonds. The first-order valence-electron chi connectivity index (χ1n) is 12.4. The van der Waals surface area contributed by atoms with Crippen LogP contribution >= 0.6 is 0 Å². The third kappa shape index (κ3) is 7.73. The second kappa shape index (κ2) is 11.9. The minimum absolute atomic E-state index is 0.112. The Morgan fingerprint density at radius 3 is 2.49 bits per heavy atom. The molecule has 1 saturated carbocycles. The van der Waals surface area contributed by atoms with E-state index in [0.29, 0.717) is 37.9 Å². The van der Waals surface area contributed by atoms with Crippen molar-refractivity contribution in [2.24, 2.45) is 0 Å². The van der Waals surface area contributed by atoms with E-state index in [1.807, 2.05) is 50.8 Å². The minimum atomic E-state index is -0.727. The zero-order valence-electron chi connectivity index (χ0n) is 21.9. The SMILES string of the molecule is COCCCOc1cc(OC)cc(C(C)N(C(=O)[C@H]2CN(C(=O)OC(C)(C)C)CCO2)C2CC2)c1. The van der Waals surface area contributed by atoms with E-state index in [1.165, 1.54) is 0 Å². The topological polar surface area (TPSA) is 86.8 Å². The highest BCUT2D eigenvalue weighted by Gasteiger charge is 2.42. The molecule has 9 nitrogen and oxygen atoms in total. The molecule has 196 valence electrons. The highest BCUT2D eigenvalue weighted by Crippen LogP contribution is 2.37. The molecular weight excluding hydrogens is 452 g/mol. The Morgan fingerprint density at radius 2 is 1.86 bits per heavy atom. The summed E-state index contributed by atoms with van der Waals surface area (Å²) in [6.07, 6.45) is 1.52. The first-order valence-corrected chi connectivity index (χ1v) is 12.4. The predicted octanol–water partition coefficient (Wildman–Crippen LogP) is 3.80. The maximum atomic E-state index is 13.7. The van der Waals surface area contributed by atoms with Gasteiger partial charge in [-0.15, -0.1) is 0 Å². The molecule has 3 rings (SSSR count). The first-order chi connectivity index (χ1) is 16.6. The number of hydrogen-bond donors (Lipinski definition) is 0. The third-order valence-electron chi connectivity index (χ3n) is 5.99. The van der Waals surface area contributed by atoms with E-state index in [0.717, 1.165) is 24.8 Å². The molecule has 0 radical (unpaired) electrons. The van der Waals surface area contributed by atoms with E-state index in [9.17, 15) is 9.59 Å². The molecule has 1 aromatic carbocycles. The Balaban J connectivity index is 1.74. The average molecular weight is 493 g/mol. The number of carbonyl (C=O) groups is 2. The van der Waals surface area contributed by atoms with E-state index >= 15 is 0 Å². The average Bonchev–Trinajstić information content (AvgIpc) is 3.65. The highest BCUT2D eigenvalue weighted by molar-refractivity contribution is 5.83. The van der Waals surface area contributed by atoms with Gasteiger partial charge in [-0.1, -0.05) is 0 Å². The lowest BCUT2D eigenvalue weighted by molar-refractivity contribution is -0.151. The number of methoxy groups -OCH3 is 2. The third-order valence-corrected chi connectivity index (χ3v) is 5.99. The van der Waals surface area contributed by atoms with Crippen molar-refractivity contribution in [2.45, 2.75) is 70.7 Å². The van der Waals surface area contributed by atoms with Gasteiger partial charge in [0.15, 0.2) is 6.10 Å². The van der Waals surface area contributed by atoms with Gasteiger partial charge in [0.25, 0.3) is 5.91 Å². The zero-order valence-corrected chi connectivity index (χ0v) is 21.9. The molecule has 2 aliphatic rings. The van der Waals surface area contributed by atoms with Gasteiger partial charge in [0, 0.05) is 38.8 Å². The first kappa shape index (κ1) is 27.1. The van der Waals surface area contributed by atoms with Crippen LogP contribution in [0.1, 0.15) is 58.6 Å². The molecule has 35 heavy (non-hydrogen) atoms. The molecule has 2 atom stereocenters. The Kier molecular flexibility index (Phi) is 9.24. The summed E-state index contributed by atoms with van der Waals surface area (Å²) in [4.78, 5) is 29.7. The van der Waals surface area contributed by atoms with Crippen LogP contribution in [0.4, 0.5) is 4.79 Å². The van der Waals surface area contributed by atoms with Crippen LogP contribution in [0.15, 0.2) is 18.2 Å². The summed E-state index contributed by atoms with van der Waals surface area (Å²) >= 11 is 0. The van der Waals surface area contributed by atoms with Crippen LogP contribution in [-0.4, -0.2) is 86.7 Å². The molecule has 0 aromatic heterocycles. The molecule has 0 bridgehead atoms. The van der Waals surface area contributed by atoms with Gasteiger partial charge in [-0.3, -0.25) is 4.79 Å². The van der Waals surface area contributed by atoms with Crippen molar-refractivity contribution in [3.63, 3.8) is 0 Å². The van der Waals surface area contributed by atoms with E-state index in [4.69, 9.17) is 23.7 Å². The summed E-state index contributed by atoms with van der Waals surface area (Å²) in [7, 11) is 3.28. The van der Waals surface area contributed by atoms with Gasteiger partial charge in [0.1, 0.15) is 17.1 Å². The van der Waals surface area contributed by atoms with Crippen molar-refractivity contribution in [2.75, 3.05) is 47.1 Å². The van der Waals surface area contributed by atoms with E-state index in [1.54, 1.807) is 19.1 Å². The molecule has 2 fully saturated rings. The number of carbonyl (C=O) groups excluding carboxylic acids is 2. The smallest absolute Gasteiger partial charge is 0.410 e. The quantitative estimate of drug-likeness (QED) is 0.459. The maximum Gasteiger partial charge on any atom is 0.410 e. The van der Waals surface area contributed by atoms with Crippen LogP contribution in [0.5, 0.6) is 11.5 Å². The van der Waals surface area contributed by atoms with Crippen molar-refractivity contribution < 1.29 is 33.3 Å². The lowest BCUT2D eigenvalue weighted by atomic mass is 10.0. The van der Waals surface area contributed by atoms with Gasteiger partial charge in [0.2, 0.25) is 0 Å². The number of nitrogens with zero attached hydrogens (tertiary/aromatic N) is 2. The molecule has 1 heterocycles. The van der Waals surface area contributed by atoms with Gasteiger partial charge >= 0.3 is 6.09 Å². The molecule has 1 aromatic rings. The van der Waals surface area contributed by atoms with Crippen molar-refractivity contribution in [1.82, 2.24) is 9.80 Å². The molecule has 1 aliphatic heterocycles. The van der Waals surface area contributed by atoms with Crippen molar-refractivity contribution in [1.29, 1.82) is 0 Å². The zero-order chi connectivity index (χ0) is 25.6. The van der Waals surface area contributed by atoms with Crippen LogP contribution in [-0.2, 0) is 19.0 Å². The van der Waals surface area contributed by atoms with Crippen LogP contribution < -0.4 is 9.47 Å². The molecule has 0 N–H and O–H groups in total. The molecule has 1 saturated heterocycles.